The van der Waals surface area contributed by atoms with Gasteiger partial charge < -0.3 is 0 Å². The minimum atomic E-state index is -3.14. The highest BCUT2D eigenvalue weighted by Gasteiger charge is 2.22. The van der Waals surface area contributed by atoms with Crippen molar-refractivity contribution in [3.05, 3.63) is 41.0 Å². The molecule has 2 heterocycles. The Bertz CT molecular complexity index is 826. The molecule has 0 aliphatic carbocycles. The zero-order valence-corrected chi connectivity index (χ0v) is 15.3. The van der Waals surface area contributed by atoms with Crippen molar-refractivity contribution in [2.45, 2.75) is 19.4 Å². The number of nitrogens with zero attached hydrogens (tertiary/aromatic N) is 2. The van der Waals surface area contributed by atoms with Gasteiger partial charge in [-0.25, -0.2) is 13.1 Å². The van der Waals surface area contributed by atoms with Crippen molar-refractivity contribution in [1.29, 1.82) is 0 Å². The Morgan fingerprint density at radius 2 is 2.21 bits per heavy atom. The summed E-state index contributed by atoms with van der Waals surface area (Å²) >= 11 is 6.42. The smallest absolute Gasteiger partial charge is 0.208 e. The van der Waals surface area contributed by atoms with Crippen LogP contribution >= 0.6 is 11.6 Å². The van der Waals surface area contributed by atoms with Crippen LogP contribution in [0.2, 0.25) is 5.02 Å². The minimum absolute atomic E-state index is 0.329. The quantitative estimate of drug-likeness (QED) is 0.882. The highest BCUT2D eigenvalue weighted by atomic mass is 35.5. The Morgan fingerprint density at radius 1 is 1.38 bits per heavy atom. The number of piperidine rings is 1. The van der Waals surface area contributed by atoms with E-state index in [0.29, 0.717) is 12.5 Å². The summed E-state index contributed by atoms with van der Waals surface area (Å²) in [5.74, 6) is 0.329. The fourth-order valence-corrected chi connectivity index (χ4v) is 4.04. The van der Waals surface area contributed by atoms with Gasteiger partial charge in [-0.2, -0.15) is 0 Å². The normalized spacial score (nSPS) is 19.7. The molecule has 3 rings (SSSR count). The summed E-state index contributed by atoms with van der Waals surface area (Å²) in [7, 11) is -3.14. The summed E-state index contributed by atoms with van der Waals surface area (Å²) < 4.78 is 25.2. The van der Waals surface area contributed by atoms with Crippen LogP contribution in [0.1, 0.15) is 18.4 Å². The van der Waals surface area contributed by atoms with Crippen LogP contribution < -0.4 is 4.72 Å². The molecule has 5 nitrogen and oxygen atoms in total. The lowest BCUT2D eigenvalue weighted by Gasteiger charge is -2.33. The first-order valence-corrected chi connectivity index (χ1v) is 10.4. The van der Waals surface area contributed by atoms with Gasteiger partial charge in [-0.05, 0) is 37.4 Å². The molecule has 1 aromatic heterocycles. The Morgan fingerprint density at radius 3 is 3.00 bits per heavy atom. The Kier molecular flexibility index (Phi) is 5.39. The number of rotatable bonds is 5. The summed E-state index contributed by atoms with van der Waals surface area (Å²) in [6.45, 7) is 3.09. The van der Waals surface area contributed by atoms with Gasteiger partial charge >= 0.3 is 0 Å². The number of hydrogen-bond donors (Lipinski definition) is 1. The van der Waals surface area contributed by atoms with E-state index in [2.05, 4.69) is 14.6 Å². The maximum Gasteiger partial charge on any atom is 0.208 e. The number of fused-ring (bicyclic) bond motifs is 1. The highest BCUT2D eigenvalue weighted by molar-refractivity contribution is 7.88. The molecule has 0 bridgehead atoms. The number of nitrogens with one attached hydrogen (secondary N) is 1. The van der Waals surface area contributed by atoms with Crippen LogP contribution in [0.3, 0.4) is 0 Å². The molecule has 0 radical (unpaired) electrons. The number of sulfonamides is 1. The van der Waals surface area contributed by atoms with E-state index in [1.807, 2.05) is 24.3 Å². The molecule has 1 aliphatic heterocycles. The maximum absolute atomic E-state index is 11.3. The zero-order chi connectivity index (χ0) is 17.2. The first kappa shape index (κ1) is 17.6. The van der Waals surface area contributed by atoms with E-state index in [9.17, 15) is 8.42 Å². The molecule has 1 aromatic carbocycles. The third-order valence-electron chi connectivity index (χ3n) is 4.44. The van der Waals surface area contributed by atoms with Gasteiger partial charge in [0.1, 0.15) is 0 Å². The Labute approximate surface area is 148 Å². The molecule has 1 atom stereocenters. The average Bonchev–Trinajstić information content (AvgIpc) is 2.55. The van der Waals surface area contributed by atoms with E-state index >= 15 is 0 Å². The van der Waals surface area contributed by atoms with Crippen LogP contribution in [-0.4, -0.2) is 44.2 Å². The van der Waals surface area contributed by atoms with E-state index < -0.39 is 10.0 Å². The van der Waals surface area contributed by atoms with Crippen LogP contribution in [0.25, 0.3) is 10.9 Å². The molecule has 0 saturated carbocycles. The van der Waals surface area contributed by atoms with Crippen molar-refractivity contribution in [3.63, 3.8) is 0 Å². The number of hydrogen-bond acceptors (Lipinski definition) is 4. The van der Waals surface area contributed by atoms with E-state index in [0.717, 1.165) is 54.0 Å². The third-order valence-corrected chi connectivity index (χ3v) is 5.49. The van der Waals surface area contributed by atoms with Gasteiger partial charge in [0.2, 0.25) is 10.0 Å². The minimum Gasteiger partial charge on any atom is -0.299 e. The number of pyridine rings is 1. The van der Waals surface area contributed by atoms with Crippen molar-refractivity contribution >= 4 is 32.5 Å². The second kappa shape index (κ2) is 7.35. The van der Waals surface area contributed by atoms with Crippen LogP contribution in [0.5, 0.6) is 0 Å². The van der Waals surface area contributed by atoms with Crippen molar-refractivity contribution in [1.82, 2.24) is 14.6 Å². The molecule has 0 unspecified atom stereocenters. The van der Waals surface area contributed by atoms with Gasteiger partial charge in [0.25, 0.3) is 0 Å². The van der Waals surface area contributed by atoms with Gasteiger partial charge in [0.05, 0.1) is 11.8 Å². The monoisotopic (exact) mass is 367 g/mol. The second-order valence-electron chi connectivity index (χ2n) is 6.47. The molecule has 1 fully saturated rings. The summed E-state index contributed by atoms with van der Waals surface area (Å²) in [6, 6.07) is 7.88. The fourth-order valence-electron chi connectivity index (χ4n) is 3.29. The lowest BCUT2D eigenvalue weighted by atomic mass is 9.97. The van der Waals surface area contributed by atoms with Crippen molar-refractivity contribution in [2.75, 3.05) is 25.9 Å². The van der Waals surface area contributed by atoms with Crippen LogP contribution in [0, 0.1) is 5.92 Å². The molecule has 0 spiro atoms. The molecular formula is C17H22ClN3O2S. The summed E-state index contributed by atoms with van der Waals surface area (Å²) in [5, 5.41) is 1.82. The van der Waals surface area contributed by atoms with Crippen LogP contribution in [0.4, 0.5) is 0 Å². The molecule has 1 saturated heterocycles. The Hall–Kier alpha value is -1.21. The number of benzene rings is 1. The van der Waals surface area contributed by atoms with E-state index in [4.69, 9.17) is 11.6 Å². The number of likely N-dealkylation sites (tertiary alicyclic amines) is 1. The fraction of sp³-hybridized carbons (Fsp3) is 0.471. The first-order valence-electron chi connectivity index (χ1n) is 8.11. The first-order chi connectivity index (χ1) is 11.4. The van der Waals surface area contributed by atoms with Crippen LogP contribution in [-0.2, 0) is 16.6 Å². The van der Waals surface area contributed by atoms with E-state index in [1.165, 1.54) is 6.26 Å². The molecule has 1 aliphatic rings. The summed E-state index contributed by atoms with van der Waals surface area (Å²) in [4.78, 5) is 6.83. The van der Waals surface area contributed by atoms with Gasteiger partial charge in [-0.3, -0.25) is 9.88 Å². The number of halogens is 1. The van der Waals surface area contributed by atoms with Crippen molar-refractivity contribution in [3.8, 4) is 0 Å². The summed E-state index contributed by atoms with van der Waals surface area (Å²) in [5.41, 5.74) is 1.99. The van der Waals surface area contributed by atoms with Gasteiger partial charge in [-0.1, -0.05) is 23.7 Å². The molecule has 2 aromatic rings. The standard InChI is InChI=1S/C17H22ClN3O2S/c1-24(22,23)20-10-13-4-3-9-21(11-13)12-15-16(18)7-6-14-5-2-8-19-17(14)15/h2,5-8,13,20H,3-4,9-12H2,1H3/t13-/m0/s1. The zero-order valence-electron chi connectivity index (χ0n) is 13.7. The third kappa shape index (κ3) is 4.45. The topological polar surface area (TPSA) is 62.3 Å². The van der Waals surface area contributed by atoms with Crippen molar-refractivity contribution < 1.29 is 8.42 Å². The maximum atomic E-state index is 11.3. The molecule has 1 N–H and O–H groups in total. The van der Waals surface area contributed by atoms with Crippen LogP contribution in [0.15, 0.2) is 30.5 Å². The molecule has 0 amide bonds. The second-order valence-corrected chi connectivity index (χ2v) is 8.71. The SMILES string of the molecule is CS(=O)(=O)NC[C@@H]1CCCN(Cc2c(Cl)ccc3cccnc23)C1. The molecule has 24 heavy (non-hydrogen) atoms. The molecule has 130 valence electrons. The van der Waals surface area contributed by atoms with Gasteiger partial charge in [0.15, 0.2) is 0 Å². The predicted octanol–water partition coefficient (Wildman–Crippen LogP) is 2.65. The predicted molar refractivity (Wildman–Crippen MR) is 97.6 cm³/mol. The molecule has 7 heteroatoms. The van der Waals surface area contributed by atoms with Gasteiger partial charge in [-0.15, -0.1) is 0 Å². The van der Waals surface area contributed by atoms with E-state index in [-0.39, 0.29) is 0 Å². The Balaban J connectivity index is 1.73. The molecular weight excluding hydrogens is 346 g/mol. The lowest BCUT2D eigenvalue weighted by Crippen LogP contribution is -2.40. The lowest BCUT2D eigenvalue weighted by molar-refractivity contribution is 0.169. The highest BCUT2D eigenvalue weighted by Crippen LogP contribution is 2.27. The average molecular weight is 368 g/mol. The van der Waals surface area contributed by atoms with Crippen molar-refractivity contribution in [2.24, 2.45) is 5.92 Å². The van der Waals surface area contributed by atoms with E-state index in [1.54, 1.807) is 6.20 Å². The largest absolute Gasteiger partial charge is 0.299 e. The number of aromatic nitrogens is 1. The summed E-state index contributed by atoms with van der Waals surface area (Å²) in [6.07, 6.45) is 5.10. The van der Waals surface area contributed by atoms with Gasteiger partial charge in [0, 0.05) is 41.8 Å².